The van der Waals surface area contributed by atoms with Gasteiger partial charge in [-0.3, -0.25) is 9.78 Å². The average molecular weight is 298 g/mol. The van der Waals surface area contributed by atoms with Crippen LogP contribution in [0.1, 0.15) is 15.9 Å². The SMILES string of the molecule is Cc1ccncc1NC(=O)c1cnc(Cl)c2ccccc12. The van der Waals surface area contributed by atoms with E-state index < -0.39 is 0 Å². The monoisotopic (exact) mass is 297 g/mol. The van der Waals surface area contributed by atoms with Crippen LogP contribution in [0.4, 0.5) is 5.69 Å². The molecule has 0 atom stereocenters. The summed E-state index contributed by atoms with van der Waals surface area (Å²) in [7, 11) is 0. The summed E-state index contributed by atoms with van der Waals surface area (Å²) in [5, 5.41) is 4.78. The molecule has 0 aliphatic heterocycles. The minimum atomic E-state index is -0.230. The first kappa shape index (κ1) is 13.5. The molecule has 0 fully saturated rings. The number of aryl methyl sites for hydroxylation is 1. The van der Waals surface area contributed by atoms with Gasteiger partial charge < -0.3 is 5.32 Å². The van der Waals surface area contributed by atoms with Gasteiger partial charge in [-0.05, 0) is 23.9 Å². The molecule has 3 aromatic rings. The molecule has 0 aliphatic rings. The van der Waals surface area contributed by atoms with Crippen molar-refractivity contribution in [3.63, 3.8) is 0 Å². The zero-order chi connectivity index (χ0) is 14.8. The molecule has 3 rings (SSSR count). The van der Waals surface area contributed by atoms with Gasteiger partial charge in [-0.15, -0.1) is 0 Å². The van der Waals surface area contributed by atoms with Gasteiger partial charge in [0.2, 0.25) is 0 Å². The normalized spacial score (nSPS) is 10.6. The molecule has 4 nitrogen and oxygen atoms in total. The van der Waals surface area contributed by atoms with Gasteiger partial charge in [-0.2, -0.15) is 0 Å². The van der Waals surface area contributed by atoms with Gasteiger partial charge in [0, 0.05) is 17.8 Å². The first-order chi connectivity index (χ1) is 10.2. The van der Waals surface area contributed by atoms with Gasteiger partial charge in [0.1, 0.15) is 5.15 Å². The lowest BCUT2D eigenvalue weighted by Gasteiger charge is -2.10. The molecule has 2 aromatic heterocycles. The number of benzene rings is 1. The van der Waals surface area contributed by atoms with Crippen molar-refractivity contribution in [2.24, 2.45) is 0 Å². The second-order valence-electron chi connectivity index (χ2n) is 4.65. The van der Waals surface area contributed by atoms with Crippen molar-refractivity contribution in [2.75, 3.05) is 5.32 Å². The second kappa shape index (κ2) is 5.50. The fourth-order valence-electron chi connectivity index (χ4n) is 2.12. The summed E-state index contributed by atoms with van der Waals surface area (Å²) < 4.78 is 0. The van der Waals surface area contributed by atoms with E-state index in [2.05, 4.69) is 15.3 Å². The number of amides is 1. The number of hydrogen-bond donors (Lipinski definition) is 1. The average Bonchev–Trinajstić information content (AvgIpc) is 2.50. The molecule has 104 valence electrons. The van der Waals surface area contributed by atoms with Gasteiger partial charge >= 0.3 is 0 Å². The Labute approximate surface area is 126 Å². The van der Waals surface area contributed by atoms with Crippen molar-refractivity contribution < 1.29 is 4.79 Å². The lowest BCUT2D eigenvalue weighted by molar-refractivity contribution is 0.102. The van der Waals surface area contributed by atoms with E-state index >= 15 is 0 Å². The van der Waals surface area contributed by atoms with Gasteiger partial charge in [0.05, 0.1) is 17.4 Å². The predicted molar refractivity (Wildman–Crippen MR) is 83.7 cm³/mol. The van der Waals surface area contributed by atoms with Crippen molar-refractivity contribution in [3.8, 4) is 0 Å². The number of nitrogens with zero attached hydrogens (tertiary/aromatic N) is 2. The Kier molecular flexibility index (Phi) is 3.54. The van der Waals surface area contributed by atoms with E-state index in [0.29, 0.717) is 16.4 Å². The number of nitrogens with one attached hydrogen (secondary N) is 1. The highest BCUT2D eigenvalue weighted by molar-refractivity contribution is 6.35. The summed E-state index contributed by atoms with van der Waals surface area (Å²) >= 11 is 6.07. The number of hydrogen-bond acceptors (Lipinski definition) is 3. The first-order valence-electron chi connectivity index (χ1n) is 6.42. The van der Waals surface area contributed by atoms with E-state index in [4.69, 9.17) is 11.6 Å². The molecule has 0 saturated heterocycles. The van der Waals surface area contributed by atoms with Crippen LogP contribution in [-0.2, 0) is 0 Å². The molecule has 2 heterocycles. The summed E-state index contributed by atoms with van der Waals surface area (Å²) in [6.07, 6.45) is 4.80. The number of aromatic nitrogens is 2. The Morgan fingerprint density at radius 3 is 2.67 bits per heavy atom. The Hall–Kier alpha value is -2.46. The molecule has 0 spiro atoms. The van der Waals surface area contributed by atoms with Crippen molar-refractivity contribution in [3.05, 3.63) is 65.2 Å². The van der Waals surface area contributed by atoms with Crippen LogP contribution in [0.15, 0.2) is 48.9 Å². The van der Waals surface area contributed by atoms with E-state index in [1.807, 2.05) is 37.3 Å². The van der Waals surface area contributed by atoms with Crippen LogP contribution in [-0.4, -0.2) is 15.9 Å². The van der Waals surface area contributed by atoms with Crippen LogP contribution in [0, 0.1) is 6.92 Å². The van der Waals surface area contributed by atoms with Crippen molar-refractivity contribution in [1.29, 1.82) is 0 Å². The summed E-state index contributed by atoms with van der Waals surface area (Å²) in [4.78, 5) is 20.6. The molecule has 1 amide bonds. The molecule has 0 bridgehead atoms. The number of anilines is 1. The largest absolute Gasteiger partial charge is 0.320 e. The summed E-state index contributed by atoms with van der Waals surface area (Å²) in [6.45, 7) is 1.91. The Morgan fingerprint density at radius 2 is 1.90 bits per heavy atom. The van der Waals surface area contributed by atoms with E-state index in [1.165, 1.54) is 6.20 Å². The Balaban J connectivity index is 2.03. The minimum absolute atomic E-state index is 0.230. The molecule has 21 heavy (non-hydrogen) atoms. The van der Waals surface area contributed by atoms with Crippen LogP contribution >= 0.6 is 11.6 Å². The highest BCUT2D eigenvalue weighted by Gasteiger charge is 2.13. The summed E-state index contributed by atoms with van der Waals surface area (Å²) in [5.74, 6) is -0.230. The third-order valence-electron chi connectivity index (χ3n) is 3.28. The fourth-order valence-corrected chi connectivity index (χ4v) is 2.34. The molecular weight excluding hydrogens is 286 g/mol. The minimum Gasteiger partial charge on any atom is -0.320 e. The highest BCUT2D eigenvalue weighted by atomic mass is 35.5. The maximum absolute atomic E-state index is 12.5. The van der Waals surface area contributed by atoms with E-state index in [9.17, 15) is 4.79 Å². The number of fused-ring (bicyclic) bond motifs is 1. The Bertz CT molecular complexity index is 833. The van der Waals surface area contributed by atoms with E-state index in [0.717, 1.165) is 16.3 Å². The van der Waals surface area contributed by atoms with Crippen LogP contribution in [0.5, 0.6) is 0 Å². The zero-order valence-corrected chi connectivity index (χ0v) is 12.1. The second-order valence-corrected chi connectivity index (χ2v) is 5.01. The smallest absolute Gasteiger partial charge is 0.257 e. The number of pyridine rings is 2. The summed E-state index contributed by atoms with van der Waals surface area (Å²) in [6, 6.07) is 9.27. The maximum Gasteiger partial charge on any atom is 0.257 e. The molecule has 0 aliphatic carbocycles. The van der Waals surface area contributed by atoms with E-state index in [1.54, 1.807) is 12.4 Å². The zero-order valence-electron chi connectivity index (χ0n) is 11.3. The van der Waals surface area contributed by atoms with Gasteiger partial charge in [0.15, 0.2) is 0 Å². The molecule has 5 heteroatoms. The third kappa shape index (κ3) is 2.58. The number of carbonyl (C=O) groups is 1. The predicted octanol–water partition coefficient (Wildman–Crippen LogP) is 3.84. The number of rotatable bonds is 2. The van der Waals surface area contributed by atoms with Gasteiger partial charge in [0.25, 0.3) is 5.91 Å². The van der Waals surface area contributed by atoms with Gasteiger partial charge in [-0.25, -0.2) is 4.98 Å². The highest BCUT2D eigenvalue weighted by Crippen LogP contribution is 2.25. The van der Waals surface area contributed by atoms with Crippen LogP contribution in [0.25, 0.3) is 10.8 Å². The number of carbonyl (C=O) groups excluding carboxylic acids is 1. The quantitative estimate of drug-likeness (QED) is 0.731. The molecule has 0 radical (unpaired) electrons. The lowest BCUT2D eigenvalue weighted by atomic mass is 10.1. The standard InChI is InChI=1S/C16H12ClN3O/c1-10-6-7-18-9-14(10)20-16(21)13-8-19-15(17)12-5-3-2-4-11(12)13/h2-9H,1H3,(H,20,21). The molecule has 0 unspecified atom stereocenters. The van der Waals surface area contributed by atoms with Crippen LogP contribution in [0.2, 0.25) is 5.15 Å². The van der Waals surface area contributed by atoms with Gasteiger partial charge in [-0.1, -0.05) is 35.9 Å². The third-order valence-corrected chi connectivity index (χ3v) is 3.58. The molecule has 1 aromatic carbocycles. The molecular formula is C16H12ClN3O. The lowest BCUT2D eigenvalue weighted by Crippen LogP contribution is -2.14. The van der Waals surface area contributed by atoms with Crippen LogP contribution in [0.3, 0.4) is 0 Å². The van der Waals surface area contributed by atoms with Crippen molar-refractivity contribution in [2.45, 2.75) is 6.92 Å². The van der Waals surface area contributed by atoms with Crippen LogP contribution < -0.4 is 5.32 Å². The van der Waals surface area contributed by atoms with E-state index in [-0.39, 0.29) is 5.91 Å². The fraction of sp³-hybridized carbons (Fsp3) is 0.0625. The molecule has 0 saturated carbocycles. The Morgan fingerprint density at radius 1 is 1.14 bits per heavy atom. The molecule has 1 N–H and O–H groups in total. The first-order valence-corrected chi connectivity index (χ1v) is 6.80. The number of halogens is 1. The maximum atomic E-state index is 12.5. The topological polar surface area (TPSA) is 54.9 Å². The summed E-state index contributed by atoms with van der Waals surface area (Å²) in [5.41, 5.74) is 2.12. The van der Waals surface area contributed by atoms with Crippen molar-refractivity contribution >= 4 is 34.0 Å². The van der Waals surface area contributed by atoms with Crippen molar-refractivity contribution in [1.82, 2.24) is 9.97 Å².